The van der Waals surface area contributed by atoms with E-state index in [2.05, 4.69) is 10.3 Å². The number of rotatable bonds is 3. The molecule has 1 aliphatic heterocycles. The molecule has 0 aromatic rings. The number of carbonyl (C=O) groups excluding carboxylic acids is 2. The normalized spacial score (nSPS) is 16.2. The van der Waals surface area contributed by atoms with E-state index in [1.807, 2.05) is 20.8 Å². The Morgan fingerprint density at radius 1 is 1.33 bits per heavy atom. The van der Waals surface area contributed by atoms with Crippen molar-refractivity contribution in [1.82, 2.24) is 10.2 Å². The summed E-state index contributed by atoms with van der Waals surface area (Å²) in [5, 5.41) is 3.09. The predicted octanol–water partition coefficient (Wildman–Crippen LogP) is 0.737. The molecule has 0 aliphatic carbocycles. The van der Waals surface area contributed by atoms with E-state index in [-0.39, 0.29) is 12.0 Å². The highest BCUT2D eigenvalue weighted by molar-refractivity contribution is 5.88. The first-order valence-electron chi connectivity index (χ1n) is 7.06. The van der Waals surface area contributed by atoms with E-state index in [0.29, 0.717) is 32.0 Å². The Morgan fingerprint density at radius 2 is 1.95 bits per heavy atom. The van der Waals surface area contributed by atoms with Crippen molar-refractivity contribution in [1.29, 1.82) is 0 Å². The number of amidine groups is 1. The zero-order valence-electron chi connectivity index (χ0n) is 13.5. The molecule has 7 nitrogen and oxygen atoms in total. The van der Waals surface area contributed by atoms with Gasteiger partial charge in [-0.05, 0) is 34.6 Å². The third kappa shape index (κ3) is 5.61. The Morgan fingerprint density at radius 3 is 2.48 bits per heavy atom. The number of nitrogens with zero attached hydrogens (tertiary/aromatic N) is 2. The SMILES string of the molecule is CC(C)(C)OC(=O)N1CCN=C(NCC(C)(C)C(N)=O)C1. The van der Waals surface area contributed by atoms with Crippen LogP contribution in [0, 0.1) is 5.41 Å². The number of aliphatic imine (C=N–C) groups is 1. The Balaban J connectivity index is 2.55. The van der Waals surface area contributed by atoms with Crippen LogP contribution in [0.25, 0.3) is 0 Å². The van der Waals surface area contributed by atoms with Gasteiger partial charge in [-0.2, -0.15) is 0 Å². The quantitative estimate of drug-likeness (QED) is 0.803. The molecule has 2 amide bonds. The molecular formula is C14H26N4O3. The van der Waals surface area contributed by atoms with Crippen molar-refractivity contribution in [3.63, 3.8) is 0 Å². The van der Waals surface area contributed by atoms with Crippen LogP contribution in [-0.2, 0) is 9.53 Å². The van der Waals surface area contributed by atoms with Crippen LogP contribution in [-0.4, -0.2) is 54.5 Å². The lowest BCUT2D eigenvalue weighted by Crippen LogP contribution is -2.50. The minimum Gasteiger partial charge on any atom is -0.444 e. The minimum atomic E-state index is -0.670. The maximum Gasteiger partial charge on any atom is 0.410 e. The van der Waals surface area contributed by atoms with Crippen molar-refractivity contribution in [3.8, 4) is 0 Å². The number of carbonyl (C=O) groups is 2. The Labute approximate surface area is 125 Å². The van der Waals surface area contributed by atoms with Gasteiger partial charge in [0.15, 0.2) is 0 Å². The van der Waals surface area contributed by atoms with Crippen LogP contribution in [0.15, 0.2) is 4.99 Å². The lowest BCUT2D eigenvalue weighted by molar-refractivity contribution is -0.125. The number of nitrogens with two attached hydrogens (primary N) is 1. The molecule has 0 aromatic heterocycles. The molecule has 1 rings (SSSR count). The lowest BCUT2D eigenvalue weighted by Gasteiger charge is -2.31. The van der Waals surface area contributed by atoms with E-state index in [1.165, 1.54) is 0 Å². The lowest BCUT2D eigenvalue weighted by atomic mass is 9.93. The molecule has 0 fully saturated rings. The molecule has 1 aliphatic rings. The summed E-state index contributed by atoms with van der Waals surface area (Å²) in [6.45, 7) is 10.8. The van der Waals surface area contributed by atoms with E-state index < -0.39 is 11.0 Å². The standard InChI is InChI=1S/C14H26N4O3/c1-13(2,3)21-12(20)18-7-6-16-10(8-18)17-9-14(4,5)11(15)19/h6-9H2,1-5H3,(H2,15,19)(H,16,17). The van der Waals surface area contributed by atoms with Gasteiger partial charge in [0.1, 0.15) is 11.4 Å². The molecule has 0 bridgehead atoms. The minimum absolute atomic E-state index is 0.351. The van der Waals surface area contributed by atoms with Crippen molar-refractivity contribution in [2.45, 2.75) is 40.2 Å². The van der Waals surface area contributed by atoms with Gasteiger partial charge in [0.05, 0.1) is 18.5 Å². The maximum atomic E-state index is 12.0. The molecule has 7 heteroatoms. The van der Waals surface area contributed by atoms with E-state index >= 15 is 0 Å². The van der Waals surface area contributed by atoms with Crippen molar-refractivity contribution < 1.29 is 14.3 Å². The molecule has 0 atom stereocenters. The fourth-order valence-corrected chi connectivity index (χ4v) is 1.62. The average molecular weight is 298 g/mol. The largest absolute Gasteiger partial charge is 0.444 e. The first kappa shape index (κ1) is 17.3. The fraction of sp³-hybridized carbons (Fsp3) is 0.786. The van der Waals surface area contributed by atoms with E-state index in [9.17, 15) is 9.59 Å². The Kier molecular flexibility index (Phi) is 5.20. The predicted molar refractivity (Wildman–Crippen MR) is 81.1 cm³/mol. The molecule has 0 saturated carbocycles. The summed E-state index contributed by atoms with van der Waals surface area (Å²) in [4.78, 5) is 29.2. The number of hydrogen-bond acceptors (Lipinski definition) is 5. The van der Waals surface area contributed by atoms with E-state index in [0.717, 1.165) is 0 Å². The summed E-state index contributed by atoms with van der Waals surface area (Å²) in [5.41, 5.74) is 4.14. The van der Waals surface area contributed by atoms with Crippen LogP contribution in [0.5, 0.6) is 0 Å². The molecule has 0 unspecified atom stereocenters. The molecule has 120 valence electrons. The average Bonchev–Trinajstić information content (AvgIpc) is 2.34. The zero-order valence-corrected chi connectivity index (χ0v) is 13.5. The number of primary amides is 1. The second-order valence-corrected chi connectivity index (χ2v) is 6.83. The molecule has 3 N–H and O–H groups in total. The summed E-state index contributed by atoms with van der Waals surface area (Å²) in [5.74, 6) is 0.289. The Bertz CT molecular complexity index is 438. The number of ether oxygens (including phenoxy) is 1. The number of nitrogens with one attached hydrogen (secondary N) is 1. The molecular weight excluding hydrogens is 272 g/mol. The van der Waals surface area contributed by atoms with Crippen LogP contribution < -0.4 is 11.1 Å². The first-order chi connectivity index (χ1) is 9.51. The zero-order chi connectivity index (χ0) is 16.3. The first-order valence-corrected chi connectivity index (χ1v) is 7.06. The summed E-state index contributed by atoms with van der Waals surface area (Å²) >= 11 is 0. The summed E-state index contributed by atoms with van der Waals surface area (Å²) < 4.78 is 5.34. The van der Waals surface area contributed by atoms with Gasteiger partial charge in [-0.3, -0.25) is 14.7 Å². The van der Waals surface area contributed by atoms with Gasteiger partial charge < -0.3 is 15.8 Å². The highest BCUT2D eigenvalue weighted by Crippen LogP contribution is 2.13. The van der Waals surface area contributed by atoms with Crippen LogP contribution in [0.1, 0.15) is 34.6 Å². The third-order valence-electron chi connectivity index (χ3n) is 3.07. The van der Waals surface area contributed by atoms with Gasteiger partial charge in [-0.1, -0.05) is 0 Å². The highest BCUT2D eigenvalue weighted by Gasteiger charge is 2.28. The maximum absolute atomic E-state index is 12.0. The van der Waals surface area contributed by atoms with Crippen LogP contribution in [0.3, 0.4) is 0 Å². The van der Waals surface area contributed by atoms with Gasteiger partial charge >= 0.3 is 6.09 Å². The molecule has 0 aromatic carbocycles. The van der Waals surface area contributed by atoms with Gasteiger partial charge in [-0.25, -0.2) is 4.79 Å². The number of amides is 2. The van der Waals surface area contributed by atoms with Crippen molar-refractivity contribution in [2.24, 2.45) is 16.1 Å². The van der Waals surface area contributed by atoms with E-state index in [4.69, 9.17) is 10.5 Å². The molecule has 0 spiro atoms. The summed E-state index contributed by atoms with van der Waals surface area (Å²) in [6.07, 6.45) is -0.356. The topological polar surface area (TPSA) is 97.0 Å². The van der Waals surface area contributed by atoms with Crippen molar-refractivity contribution in [2.75, 3.05) is 26.2 Å². The van der Waals surface area contributed by atoms with Gasteiger partial charge in [-0.15, -0.1) is 0 Å². The monoisotopic (exact) mass is 298 g/mol. The fourth-order valence-electron chi connectivity index (χ4n) is 1.62. The molecule has 0 radical (unpaired) electrons. The molecule has 21 heavy (non-hydrogen) atoms. The number of hydrogen-bond donors (Lipinski definition) is 2. The molecule has 0 saturated heterocycles. The second-order valence-electron chi connectivity index (χ2n) is 6.83. The highest BCUT2D eigenvalue weighted by atomic mass is 16.6. The van der Waals surface area contributed by atoms with Crippen molar-refractivity contribution in [3.05, 3.63) is 0 Å². The van der Waals surface area contributed by atoms with Crippen LogP contribution in [0.2, 0.25) is 0 Å². The van der Waals surface area contributed by atoms with Crippen LogP contribution >= 0.6 is 0 Å². The summed E-state index contributed by atoms with van der Waals surface area (Å²) in [6, 6.07) is 0. The Hall–Kier alpha value is -1.79. The van der Waals surface area contributed by atoms with Crippen LogP contribution in [0.4, 0.5) is 4.79 Å². The van der Waals surface area contributed by atoms with Gasteiger partial charge in [0.25, 0.3) is 0 Å². The smallest absolute Gasteiger partial charge is 0.410 e. The van der Waals surface area contributed by atoms with Gasteiger partial charge in [0.2, 0.25) is 5.91 Å². The van der Waals surface area contributed by atoms with Gasteiger partial charge in [0, 0.05) is 13.1 Å². The van der Waals surface area contributed by atoms with E-state index in [1.54, 1.807) is 18.7 Å². The van der Waals surface area contributed by atoms with Crippen molar-refractivity contribution >= 4 is 17.8 Å². The summed E-state index contributed by atoms with van der Waals surface area (Å²) in [7, 11) is 0. The molecule has 1 heterocycles. The third-order valence-corrected chi connectivity index (χ3v) is 3.07. The second kappa shape index (κ2) is 6.32.